The van der Waals surface area contributed by atoms with Crippen LogP contribution in [0.15, 0.2) is 34.3 Å². The van der Waals surface area contributed by atoms with Crippen LogP contribution >= 0.6 is 0 Å². The minimum atomic E-state index is 0.733. The zero-order valence-electron chi connectivity index (χ0n) is 17.6. The van der Waals surface area contributed by atoms with Crippen LogP contribution in [0.4, 0.5) is 0 Å². The van der Waals surface area contributed by atoms with E-state index in [0.29, 0.717) is 0 Å². The van der Waals surface area contributed by atoms with Crippen LogP contribution in [0.2, 0.25) is 0 Å². The molecule has 146 valence electrons. The van der Waals surface area contributed by atoms with Crippen molar-refractivity contribution in [3.05, 3.63) is 35.4 Å². The van der Waals surface area contributed by atoms with Gasteiger partial charge in [0.2, 0.25) is 0 Å². The third-order valence-electron chi connectivity index (χ3n) is 5.23. The Morgan fingerprint density at radius 3 is 1.38 bits per heavy atom. The Kier molecular flexibility index (Phi) is 12.8. The molecule has 0 aromatic heterocycles. The summed E-state index contributed by atoms with van der Waals surface area (Å²) in [5.74, 6) is 1.47. The Labute approximate surface area is 162 Å². The van der Waals surface area contributed by atoms with Crippen LogP contribution in [-0.2, 0) is 0 Å². The molecule has 0 radical (unpaired) electrons. The lowest BCUT2D eigenvalue weighted by molar-refractivity contribution is 0.463. The highest BCUT2D eigenvalue weighted by molar-refractivity contribution is 5.84. The summed E-state index contributed by atoms with van der Waals surface area (Å²) in [6, 6.07) is 8.58. The topological polar surface area (TPSA) is 24.7 Å². The van der Waals surface area contributed by atoms with Gasteiger partial charge in [-0.3, -0.25) is 9.98 Å². The Morgan fingerprint density at radius 2 is 1.08 bits per heavy atom. The van der Waals surface area contributed by atoms with Crippen LogP contribution in [0.1, 0.15) is 90.2 Å². The van der Waals surface area contributed by atoms with E-state index in [2.05, 4.69) is 61.9 Å². The fourth-order valence-electron chi connectivity index (χ4n) is 3.12. The maximum Gasteiger partial charge on any atom is 0.0417 e. The van der Waals surface area contributed by atoms with Crippen molar-refractivity contribution >= 4 is 12.4 Å². The van der Waals surface area contributed by atoms with Gasteiger partial charge in [-0.25, -0.2) is 0 Å². The summed E-state index contributed by atoms with van der Waals surface area (Å²) >= 11 is 0. The lowest BCUT2D eigenvalue weighted by Gasteiger charge is -2.10. The first-order valence-electron chi connectivity index (χ1n) is 10.8. The number of hydrogen-bond acceptors (Lipinski definition) is 2. The second-order valence-corrected chi connectivity index (χ2v) is 7.49. The van der Waals surface area contributed by atoms with Gasteiger partial charge in [-0.15, -0.1) is 0 Å². The summed E-state index contributed by atoms with van der Waals surface area (Å²) in [6.07, 6.45) is 14.3. The van der Waals surface area contributed by atoms with Crippen molar-refractivity contribution in [2.75, 3.05) is 13.1 Å². The second-order valence-electron chi connectivity index (χ2n) is 7.49. The first kappa shape index (κ1) is 22.6. The van der Waals surface area contributed by atoms with Crippen molar-refractivity contribution in [1.82, 2.24) is 0 Å². The van der Waals surface area contributed by atoms with Gasteiger partial charge < -0.3 is 0 Å². The number of benzene rings is 1. The monoisotopic (exact) mass is 356 g/mol. The van der Waals surface area contributed by atoms with Gasteiger partial charge in [-0.05, 0) is 35.8 Å². The van der Waals surface area contributed by atoms with Gasteiger partial charge in [-0.2, -0.15) is 0 Å². The predicted molar refractivity (Wildman–Crippen MR) is 118 cm³/mol. The molecule has 0 bridgehead atoms. The van der Waals surface area contributed by atoms with Crippen molar-refractivity contribution in [3.8, 4) is 0 Å². The molecule has 0 saturated heterocycles. The fraction of sp³-hybridized carbons (Fsp3) is 0.667. The average Bonchev–Trinajstić information content (AvgIpc) is 2.68. The fourth-order valence-corrected chi connectivity index (χ4v) is 3.12. The molecular weight excluding hydrogens is 316 g/mol. The van der Waals surface area contributed by atoms with Gasteiger partial charge in [0.15, 0.2) is 0 Å². The van der Waals surface area contributed by atoms with E-state index in [-0.39, 0.29) is 0 Å². The smallest absolute Gasteiger partial charge is 0.0417 e. The molecule has 0 spiro atoms. The standard InChI is InChI=1S/C24H40N2/c1-5-9-11-21(7-3)17-25-19-23-13-15-24(16-14-23)20-26-18-22(8-4)12-10-6-2/h13-16,19-22H,5-12,17-18H2,1-4H3. The van der Waals surface area contributed by atoms with Crippen LogP contribution in [0, 0.1) is 11.8 Å². The van der Waals surface area contributed by atoms with Crippen LogP contribution in [0.25, 0.3) is 0 Å². The summed E-state index contributed by atoms with van der Waals surface area (Å²) in [4.78, 5) is 9.32. The van der Waals surface area contributed by atoms with Crippen molar-refractivity contribution in [1.29, 1.82) is 0 Å². The van der Waals surface area contributed by atoms with Gasteiger partial charge in [0.25, 0.3) is 0 Å². The molecular formula is C24H40N2. The molecule has 2 atom stereocenters. The minimum absolute atomic E-state index is 0.733. The maximum atomic E-state index is 4.66. The van der Waals surface area contributed by atoms with Crippen LogP contribution in [0.5, 0.6) is 0 Å². The second kappa shape index (κ2) is 14.7. The van der Waals surface area contributed by atoms with Crippen LogP contribution < -0.4 is 0 Å². The van der Waals surface area contributed by atoms with E-state index in [0.717, 1.165) is 24.9 Å². The predicted octanol–water partition coefficient (Wildman–Crippen LogP) is 6.96. The number of nitrogens with zero attached hydrogens (tertiary/aromatic N) is 2. The highest BCUT2D eigenvalue weighted by atomic mass is 14.7. The SMILES string of the molecule is CCCCC(CC)CN=Cc1ccc(C=NCC(CC)CCCC)cc1. The third kappa shape index (κ3) is 9.89. The largest absolute Gasteiger partial charge is 0.292 e. The molecule has 0 aliphatic rings. The van der Waals surface area contributed by atoms with E-state index >= 15 is 0 Å². The van der Waals surface area contributed by atoms with Gasteiger partial charge in [-0.1, -0.05) is 90.5 Å². The zero-order valence-corrected chi connectivity index (χ0v) is 17.6. The molecule has 0 N–H and O–H groups in total. The van der Waals surface area contributed by atoms with E-state index in [4.69, 9.17) is 0 Å². The zero-order chi connectivity index (χ0) is 19.0. The summed E-state index contributed by atoms with van der Waals surface area (Å²) < 4.78 is 0. The molecule has 2 unspecified atom stereocenters. The summed E-state index contributed by atoms with van der Waals surface area (Å²) in [6.45, 7) is 11.0. The molecule has 0 amide bonds. The minimum Gasteiger partial charge on any atom is -0.292 e. The lowest BCUT2D eigenvalue weighted by Crippen LogP contribution is -2.03. The first-order chi connectivity index (χ1) is 12.7. The van der Waals surface area contributed by atoms with Crippen molar-refractivity contribution in [3.63, 3.8) is 0 Å². The molecule has 0 saturated carbocycles. The summed E-state index contributed by atoms with van der Waals surface area (Å²) in [7, 11) is 0. The van der Waals surface area contributed by atoms with Crippen molar-refractivity contribution < 1.29 is 0 Å². The van der Waals surface area contributed by atoms with E-state index < -0.39 is 0 Å². The molecule has 1 aromatic rings. The number of unbranched alkanes of at least 4 members (excludes halogenated alkanes) is 2. The van der Waals surface area contributed by atoms with Crippen molar-refractivity contribution in [2.24, 2.45) is 21.8 Å². The quantitative estimate of drug-likeness (QED) is 0.322. The molecule has 2 nitrogen and oxygen atoms in total. The van der Waals surface area contributed by atoms with Gasteiger partial charge in [0, 0.05) is 25.5 Å². The molecule has 0 aliphatic carbocycles. The maximum absolute atomic E-state index is 4.66. The Hall–Kier alpha value is -1.44. The molecule has 26 heavy (non-hydrogen) atoms. The number of rotatable bonds is 14. The molecule has 0 fully saturated rings. The lowest BCUT2D eigenvalue weighted by atomic mass is 10.00. The Balaban J connectivity index is 2.44. The van der Waals surface area contributed by atoms with E-state index in [1.54, 1.807) is 0 Å². The summed E-state index contributed by atoms with van der Waals surface area (Å²) in [5.41, 5.74) is 2.36. The first-order valence-corrected chi connectivity index (χ1v) is 10.8. The molecule has 1 rings (SSSR count). The van der Waals surface area contributed by atoms with E-state index in [1.807, 2.05) is 12.4 Å². The van der Waals surface area contributed by atoms with Crippen LogP contribution in [0.3, 0.4) is 0 Å². The van der Waals surface area contributed by atoms with Gasteiger partial charge in [0.05, 0.1) is 0 Å². The summed E-state index contributed by atoms with van der Waals surface area (Å²) in [5, 5.41) is 0. The number of hydrogen-bond donors (Lipinski definition) is 0. The molecule has 0 aliphatic heterocycles. The Bertz CT molecular complexity index is 454. The van der Waals surface area contributed by atoms with Gasteiger partial charge >= 0.3 is 0 Å². The van der Waals surface area contributed by atoms with Crippen molar-refractivity contribution in [2.45, 2.75) is 79.1 Å². The normalized spacial score (nSPS) is 14.3. The molecule has 0 heterocycles. The average molecular weight is 357 g/mol. The van der Waals surface area contributed by atoms with Gasteiger partial charge in [0.1, 0.15) is 0 Å². The highest BCUT2D eigenvalue weighted by Gasteiger charge is 2.04. The third-order valence-corrected chi connectivity index (χ3v) is 5.23. The van der Waals surface area contributed by atoms with Crippen LogP contribution in [-0.4, -0.2) is 25.5 Å². The van der Waals surface area contributed by atoms with E-state index in [9.17, 15) is 0 Å². The number of aliphatic imine (C=N–C) groups is 2. The highest BCUT2D eigenvalue weighted by Crippen LogP contribution is 2.14. The molecule has 2 heteroatoms. The molecule has 1 aromatic carbocycles. The Morgan fingerprint density at radius 1 is 0.692 bits per heavy atom. The van der Waals surface area contributed by atoms with E-state index in [1.165, 1.54) is 62.5 Å².